The molecule has 2 radical (unpaired) electrons. The number of benzene rings is 2. The van der Waals surface area contributed by atoms with Crippen LogP contribution < -0.4 is 0 Å². The third kappa shape index (κ3) is 7.46. The summed E-state index contributed by atoms with van der Waals surface area (Å²) in [5.74, 6) is 1.87. The zero-order valence-electron chi connectivity index (χ0n) is 20.9. The molecular weight excluding hydrogens is 583 g/mol. The van der Waals surface area contributed by atoms with E-state index in [1.807, 2.05) is 24.3 Å². The Hall–Kier alpha value is -2.10. The molecule has 0 N–H and O–H groups in total. The Morgan fingerprint density at radius 3 is 1.33 bits per heavy atom. The average molecular weight is 613 g/mol. The van der Waals surface area contributed by atoms with Crippen molar-refractivity contribution >= 4 is 53.2 Å². The van der Waals surface area contributed by atoms with E-state index in [-0.39, 0.29) is 39.7 Å². The van der Waals surface area contributed by atoms with E-state index in [0.717, 1.165) is 11.5 Å². The van der Waals surface area contributed by atoms with Crippen molar-refractivity contribution in [3.8, 4) is 22.6 Å². The molecule has 6 rings (SSSR count). The van der Waals surface area contributed by atoms with Gasteiger partial charge in [0.25, 0.3) is 0 Å². The Kier molecular flexibility index (Phi) is 15.0. The van der Waals surface area contributed by atoms with Crippen molar-refractivity contribution in [2.75, 3.05) is 0 Å². The Balaban J connectivity index is 0.000000577. The first-order chi connectivity index (χ1) is 15.7. The summed E-state index contributed by atoms with van der Waals surface area (Å²) in [5, 5.41) is 5.10. The fourth-order valence-electron chi connectivity index (χ4n) is 4.06. The quantitative estimate of drug-likeness (QED) is 0.144. The molecule has 0 bridgehead atoms. The Labute approximate surface area is 243 Å². The topological polar surface area (TPSA) is 26.3 Å². The van der Waals surface area contributed by atoms with Gasteiger partial charge in [0, 0.05) is 0 Å². The third-order valence-corrected chi connectivity index (χ3v) is 5.36. The fraction of sp³-hybridized carbons (Fsp3) is 0.0667. The van der Waals surface area contributed by atoms with Gasteiger partial charge in [-0.2, -0.15) is 12.1 Å². The van der Waals surface area contributed by atoms with Gasteiger partial charge >= 0.3 is 30.2 Å². The molecule has 2 nitrogen and oxygen atoms in total. The van der Waals surface area contributed by atoms with E-state index < -0.39 is 0 Å². The van der Waals surface area contributed by atoms with E-state index in [9.17, 15) is 0 Å². The van der Waals surface area contributed by atoms with Gasteiger partial charge in [0.15, 0.2) is 0 Å². The van der Waals surface area contributed by atoms with Gasteiger partial charge in [0.2, 0.25) is 0 Å². The molecule has 4 aromatic carbocycles. The molecule has 0 saturated heterocycles. The van der Waals surface area contributed by atoms with Crippen LogP contribution in [0.15, 0.2) is 106 Å². The van der Waals surface area contributed by atoms with Crippen LogP contribution in [0.1, 0.15) is 11.1 Å². The summed E-state index contributed by atoms with van der Waals surface area (Å²) in [4.78, 5) is 0. The van der Waals surface area contributed by atoms with Crippen LogP contribution >= 0.6 is 24.8 Å². The summed E-state index contributed by atoms with van der Waals surface area (Å²) in [5.41, 5.74) is 4.93. The minimum atomic E-state index is 0. The SMILES string of the molecule is Cc1cc2c(-c3ccco3)cccc2[cH-]1.Cc1cc2c(-c3ccco3)cccc2[cH-]1.Cl.Cl.[CH3-].[CH3-].[Si]=[Zr]. The van der Waals surface area contributed by atoms with Crippen molar-refractivity contribution in [2.24, 2.45) is 0 Å². The van der Waals surface area contributed by atoms with E-state index >= 15 is 0 Å². The summed E-state index contributed by atoms with van der Waals surface area (Å²) in [6, 6.07) is 29.2. The van der Waals surface area contributed by atoms with Gasteiger partial charge in [-0.3, -0.25) is 0 Å². The van der Waals surface area contributed by atoms with Crippen molar-refractivity contribution in [1.29, 1.82) is 0 Å². The Bertz CT molecular complexity index is 1320. The number of hydrogen-bond acceptors (Lipinski definition) is 2. The molecule has 36 heavy (non-hydrogen) atoms. The standard InChI is InChI=1S/2C14H11O.2CH3.2ClH.Si.Zr/c2*1-10-8-11-4-2-5-12(13(11)9-10)14-6-3-7-15-14;;;;;;/h2*2-9H,1H3;2*1H3;2*1H;;/q4*-1;;;;. The number of furan rings is 2. The zero-order chi connectivity index (χ0) is 22.5. The maximum absolute atomic E-state index is 5.44. The van der Waals surface area contributed by atoms with Crippen LogP contribution in [0, 0.1) is 28.7 Å². The molecule has 6 heteroatoms. The van der Waals surface area contributed by atoms with Crippen LogP contribution in [0.5, 0.6) is 0 Å². The van der Waals surface area contributed by atoms with Crippen molar-refractivity contribution in [2.45, 2.75) is 13.8 Å². The first-order valence-electron chi connectivity index (χ1n) is 10.3. The molecule has 0 spiro atoms. The Morgan fingerprint density at radius 2 is 1.00 bits per heavy atom. The van der Waals surface area contributed by atoms with Gasteiger partial charge in [0.05, 0.1) is 12.5 Å². The van der Waals surface area contributed by atoms with Crippen LogP contribution in [0.25, 0.3) is 44.2 Å². The van der Waals surface area contributed by atoms with E-state index in [4.69, 9.17) is 8.83 Å². The second kappa shape index (κ2) is 15.9. The number of halogens is 2. The molecule has 0 atom stereocenters. The van der Waals surface area contributed by atoms with E-state index in [1.54, 1.807) is 12.5 Å². The van der Waals surface area contributed by atoms with Gasteiger partial charge < -0.3 is 23.7 Å². The minimum absolute atomic E-state index is 0. The van der Waals surface area contributed by atoms with Gasteiger partial charge in [-0.15, -0.1) is 93.9 Å². The molecule has 6 aromatic rings. The molecular formula is C30H30Cl2O2SiZr-4. The van der Waals surface area contributed by atoms with Crippen molar-refractivity contribution in [3.63, 3.8) is 0 Å². The molecule has 0 aliphatic rings. The Morgan fingerprint density at radius 1 is 0.611 bits per heavy atom. The second-order valence-corrected chi connectivity index (χ2v) is 7.64. The number of aryl methyl sites for hydroxylation is 2. The summed E-state index contributed by atoms with van der Waals surface area (Å²) in [6.45, 7) is 7.30. The summed E-state index contributed by atoms with van der Waals surface area (Å²) in [6.07, 6.45) is 3.42. The van der Waals surface area contributed by atoms with Crippen molar-refractivity contribution in [3.05, 3.63) is 123 Å². The van der Waals surface area contributed by atoms with Crippen molar-refractivity contribution < 1.29 is 32.2 Å². The first-order valence-corrected chi connectivity index (χ1v) is 14.5. The molecule has 2 heterocycles. The van der Waals surface area contributed by atoms with Crippen LogP contribution in [0.2, 0.25) is 0 Å². The fourth-order valence-corrected chi connectivity index (χ4v) is 4.06. The van der Waals surface area contributed by atoms with Crippen LogP contribution in [0.4, 0.5) is 0 Å². The van der Waals surface area contributed by atoms with Gasteiger partial charge in [-0.25, -0.2) is 0 Å². The molecule has 0 aliphatic carbocycles. The zero-order valence-corrected chi connectivity index (χ0v) is 26.0. The third-order valence-electron chi connectivity index (χ3n) is 5.36. The van der Waals surface area contributed by atoms with E-state index in [1.165, 1.54) is 67.1 Å². The first kappa shape index (κ1) is 33.9. The molecule has 0 unspecified atom stereocenters. The molecule has 0 aliphatic heterocycles. The average Bonchev–Trinajstić information content (AvgIpc) is 3.60. The number of hydrogen-bond donors (Lipinski definition) is 0. The monoisotopic (exact) mass is 610 g/mol. The number of rotatable bonds is 2. The summed E-state index contributed by atoms with van der Waals surface area (Å²) < 4.78 is 10.9. The summed E-state index contributed by atoms with van der Waals surface area (Å²) >= 11 is 1.36. The van der Waals surface area contributed by atoms with Crippen LogP contribution in [-0.4, -0.2) is 6.88 Å². The number of fused-ring (bicyclic) bond motifs is 2. The van der Waals surface area contributed by atoms with Crippen molar-refractivity contribution in [1.82, 2.24) is 0 Å². The second-order valence-electron chi connectivity index (χ2n) is 7.64. The molecule has 0 amide bonds. The van der Waals surface area contributed by atoms with Gasteiger partial charge in [-0.1, -0.05) is 26.0 Å². The normalized spacial score (nSPS) is 9.25. The van der Waals surface area contributed by atoms with Gasteiger partial charge in [-0.05, 0) is 35.4 Å². The molecule has 188 valence electrons. The molecule has 0 saturated carbocycles. The van der Waals surface area contributed by atoms with Gasteiger partial charge in [0.1, 0.15) is 11.5 Å². The van der Waals surface area contributed by atoms with Crippen LogP contribution in [-0.2, 0) is 23.3 Å². The molecule has 0 fully saturated rings. The maximum atomic E-state index is 5.44. The molecule has 2 aromatic heterocycles. The predicted molar refractivity (Wildman–Crippen MR) is 157 cm³/mol. The van der Waals surface area contributed by atoms with E-state index in [0.29, 0.717) is 0 Å². The van der Waals surface area contributed by atoms with Crippen LogP contribution in [0.3, 0.4) is 0 Å². The summed E-state index contributed by atoms with van der Waals surface area (Å²) in [7, 11) is 0. The van der Waals surface area contributed by atoms with E-state index in [2.05, 4.69) is 81.4 Å². The predicted octanol–water partition coefficient (Wildman–Crippen LogP) is 9.62.